The van der Waals surface area contributed by atoms with E-state index in [-0.39, 0.29) is 29.7 Å². The largest absolute Gasteiger partial charge is 0.270 e. The Bertz CT molecular complexity index is 684. The van der Waals surface area contributed by atoms with Crippen molar-refractivity contribution in [2.24, 2.45) is 5.92 Å². The number of hydrogen-bond donors (Lipinski definition) is 1. The van der Waals surface area contributed by atoms with Gasteiger partial charge in [-0.05, 0) is 18.8 Å². The second-order valence-electron chi connectivity index (χ2n) is 5.19. The van der Waals surface area contributed by atoms with Crippen molar-refractivity contribution in [2.75, 3.05) is 23.8 Å². The van der Waals surface area contributed by atoms with Crippen molar-refractivity contribution in [3.63, 3.8) is 0 Å². The van der Waals surface area contributed by atoms with Crippen LogP contribution in [-0.4, -0.2) is 50.4 Å². The number of sulfone groups is 1. The summed E-state index contributed by atoms with van der Waals surface area (Å²) in [7, 11) is -6.34. The topological polar surface area (TPSA) is 98.1 Å². The number of aromatic nitrogens is 2. The smallest absolute Gasteiger partial charge is 0.211 e. The summed E-state index contributed by atoms with van der Waals surface area (Å²) in [5.74, 6) is 0.184. The van der Waals surface area contributed by atoms with Crippen LogP contribution in [0.3, 0.4) is 0 Å². The summed E-state index contributed by atoms with van der Waals surface area (Å²) in [5.41, 5.74) is 0. The van der Waals surface area contributed by atoms with Gasteiger partial charge < -0.3 is 0 Å². The highest BCUT2D eigenvalue weighted by Gasteiger charge is 2.28. The summed E-state index contributed by atoms with van der Waals surface area (Å²) in [6.45, 7) is 0.618. The second kappa shape index (κ2) is 6.64. The fraction of sp³-hybridized carbons (Fsp3) is 0.727. The molecule has 1 aliphatic rings. The first-order valence-electron chi connectivity index (χ1n) is 6.61. The maximum Gasteiger partial charge on any atom is 0.211 e. The van der Waals surface area contributed by atoms with Crippen LogP contribution < -0.4 is 4.72 Å². The summed E-state index contributed by atoms with van der Waals surface area (Å²) in [4.78, 5) is 0. The Balaban J connectivity index is 1.72. The average molecular weight is 356 g/mol. The SMILES string of the molecule is O=S1(=O)CCC(CCS(=O)(=O)NCCn2cc(Cl)cn2)C1. The molecule has 0 radical (unpaired) electrons. The molecule has 0 bridgehead atoms. The number of sulfonamides is 1. The van der Waals surface area contributed by atoms with Crippen molar-refractivity contribution in [1.82, 2.24) is 14.5 Å². The van der Waals surface area contributed by atoms with E-state index in [9.17, 15) is 16.8 Å². The lowest BCUT2D eigenvalue weighted by Gasteiger charge is -2.09. The lowest BCUT2D eigenvalue weighted by molar-refractivity contribution is 0.536. The number of nitrogens with one attached hydrogen (secondary N) is 1. The van der Waals surface area contributed by atoms with Gasteiger partial charge in [0.25, 0.3) is 0 Å². The normalized spacial score (nSPS) is 21.7. The van der Waals surface area contributed by atoms with Gasteiger partial charge in [0.2, 0.25) is 10.0 Å². The van der Waals surface area contributed by atoms with Crippen LogP contribution >= 0.6 is 11.6 Å². The molecule has 0 aromatic carbocycles. The summed E-state index contributed by atoms with van der Waals surface area (Å²) in [6, 6.07) is 0. The lowest BCUT2D eigenvalue weighted by Crippen LogP contribution is -2.30. The van der Waals surface area contributed by atoms with Crippen molar-refractivity contribution in [2.45, 2.75) is 19.4 Å². The predicted octanol–water partition coefficient (Wildman–Crippen LogP) is 0.281. The number of rotatable bonds is 7. The monoisotopic (exact) mass is 355 g/mol. The van der Waals surface area contributed by atoms with Crippen LogP contribution in [0.1, 0.15) is 12.8 Å². The molecule has 1 N–H and O–H groups in total. The zero-order chi connectivity index (χ0) is 15.5. The minimum atomic E-state index is -3.39. The summed E-state index contributed by atoms with van der Waals surface area (Å²) >= 11 is 5.70. The molecule has 1 aliphatic heterocycles. The Hall–Kier alpha value is -0.640. The molecule has 2 heterocycles. The zero-order valence-corrected chi connectivity index (χ0v) is 13.8. The molecule has 0 aliphatic carbocycles. The number of halogens is 1. The van der Waals surface area contributed by atoms with E-state index in [0.29, 0.717) is 24.4 Å². The molecule has 1 saturated heterocycles. The van der Waals surface area contributed by atoms with Crippen LogP contribution in [0.25, 0.3) is 0 Å². The van der Waals surface area contributed by atoms with E-state index in [4.69, 9.17) is 11.6 Å². The van der Waals surface area contributed by atoms with E-state index in [0.717, 1.165) is 0 Å². The molecule has 120 valence electrons. The van der Waals surface area contributed by atoms with Gasteiger partial charge >= 0.3 is 0 Å². The Morgan fingerprint density at radius 3 is 2.81 bits per heavy atom. The van der Waals surface area contributed by atoms with Gasteiger partial charge in [-0.25, -0.2) is 21.6 Å². The highest BCUT2D eigenvalue weighted by Crippen LogP contribution is 2.21. The summed E-state index contributed by atoms with van der Waals surface area (Å²) < 4.78 is 50.3. The van der Waals surface area contributed by atoms with Crippen molar-refractivity contribution >= 4 is 31.5 Å². The fourth-order valence-electron chi connectivity index (χ4n) is 2.27. The Kier molecular flexibility index (Phi) is 5.29. The third-order valence-corrected chi connectivity index (χ3v) is 6.84. The van der Waals surface area contributed by atoms with Gasteiger partial charge in [-0.2, -0.15) is 5.10 Å². The highest BCUT2D eigenvalue weighted by atomic mass is 35.5. The second-order valence-corrected chi connectivity index (χ2v) is 9.78. The average Bonchev–Trinajstić information content (AvgIpc) is 2.93. The minimum absolute atomic E-state index is 0.0449. The Labute approximate surface area is 129 Å². The first-order valence-corrected chi connectivity index (χ1v) is 10.5. The van der Waals surface area contributed by atoms with E-state index in [1.807, 2.05) is 0 Å². The Morgan fingerprint density at radius 2 is 2.24 bits per heavy atom. The molecule has 21 heavy (non-hydrogen) atoms. The molecule has 1 unspecified atom stereocenters. The maximum atomic E-state index is 11.8. The molecule has 10 heteroatoms. The van der Waals surface area contributed by atoms with Crippen LogP contribution in [0, 0.1) is 5.92 Å². The van der Waals surface area contributed by atoms with Gasteiger partial charge in [0.05, 0.1) is 35.0 Å². The molecule has 2 rings (SSSR count). The van der Waals surface area contributed by atoms with Gasteiger partial charge in [0.1, 0.15) is 0 Å². The van der Waals surface area contributed by atoms with E-state index >= 15 is 0 Å². The lowest BCUT2D eigenvalue weighted by atomic mass is 10.1. The molecular weight excluding hydrogens is 338 g/mol. The molecule has 1 fully saturated rings. The van der Waals surface area contributed by atoms with Crippen LogP contribution in [0.5, 0.6) is 0 Å². The molecule has 7 nitrogen and oxygen atoms in total. The van der Waals surface area contributed by atoms with Crippen LogP contribution in [0.2, 0.25) is 5.02 Å². The van der Waals surface area contributed by atoms with Gasteiger partial charge in [0, 0.05) is 12.7 Å². The first kappa shape index (κ1) is 16.7. The van der Waals surface area contributed by atoms with E-state index in [2.05, 4.69) is 9.82 Å². The number of nitrogens with zero attached hydrogens (tertiary/aromatic N) is 2. The molecule has 0 saturated carbocycles. The third-order valence-electron chi connectivity index (χ3n) is 3.39. The number of hydrogen-bond acceptors (Lipinski definition) is 5. The van der Waals surface area contributed by atoms with E-state index < -0.39 is 19.9 Å². The van der Waals surface area contributed by atoms with Crippen LogP contribution in [-0.2, 0) is 26.4 Å². The standard InChI is InChI=1S/C11H18ClN3O4S2/c12-11-7-13-15(8-11)4-3-14-21(18,19)6-2-10-1-5-20(16,17)9-10/h7-8,10,14H,1-6,9H2. The van der Waals surface area contributed by atoms with E-state index in [1.165, 1.54) is 6.20 Å². The van der Waals surface area contributed by atoms with E-state index in [1.54, 1.807) is 10.9 Å². The molecule has 0 spiro atoms. The maximum absolute atomic E-state index is 11.8. The van der Waals surface area contributed by atoms with Crippen molar-refractivity contribution in [1.29, 1.82) is 0 Å². The highest BCUT2D eigenvalue weighted by molar-refractivity contribution is 7.91. The minimum Gasteiger partial charge on any atom is -0.270 e. The molecule has 1 aromatic heterocycles. The van der Waals surface area contributed by atoms with Crippen LogP contribution in [0.15, 0.2) is 12.4 Å². The van der Waals surface area contributed by atoms with Gasteiger partial charge in [-0.3, -0.25) is 4.68 Å². The third kappa shape index (κ3) is 5.57. The molecular formula is C11H18ClN3O4S2. The predicted molar refractivity (Wildman–Crippen MR) is 80.4 cm³/mol. The zero-order valence-electron chi connectivity index (χ0n) is 11.4. The van der Waals surface area contributed by atoms with Crippen molar-refractivity contribution in [3.8, 4) is 0 Å². The molecule has 1 atom stereocenters. The van der Waals surface area contributed by atoms with Gasteiger partial charge in [-0.15, -0.1) is 0 Å². The molecule has 1 aromatic rings. The first-order chi connectivity index (χ1) is 9.76. The van der Waals surface area contributed by atoms with Gasteiger partial charge in [0.15, 0.2) is 9.84 Å². The van der Waals surface area contributed by atoms with Crippen molar-refractivity contribution in [3.05, 3.63) is 17.4 Å². The quantitative estimate of drug-likeness (QED) is 0.757. The summed E-state index contributed by atoms with van der Waals surface area (Å²) in [5, 5.41) is 4.44. The van der Waals surface area contributed by atoms with Crippen LogP contribution in [0.4, 0.5) is 0 Å². The van der Waals surface area contributed by atoms with Gasteiger partial charge in [-0.1, -0.05) is 11.6 Å². The molecule has 0 amide bonds. The summed E-state index contributed by atoms with van der Waals surface area (Å²) in [6.07, 6.45) is 4.03. The van der Waals surface area contributed by atoms with Crippen molar-refractivity contribution < 1.29 is 16.8 Å². The fourth-order valence-corrected chi connectivity index (χ4v) is 5.53. The Morgan fingerprint density at radius 1 is 1.48 bits per heavy atom.